The number of carbonyl (C=O) groups is 2. The summed E-state index contributed by atoms with van der Waals surface area (Å²) >= 11 is 1.30. The van der Waals surface area contributed by atoms with Crippen molar-refractivity contribution in [1.29, 1.82) is 0 Å². The summed E-state index contributed by atoms with van der Waals surface area (Å²) < 4.78 is 0. The fraction of sp³-hybridized carbons (Fsp3) is 0.481. The van der Waals surface area contributed by atoms with Gasteiger partial charge in [0.25, 0.3) is 0 Å². The lowest BCUT2D eigenvalue weighted by Gasteiger charge is -2.23. The lowest BCUT2D eigenvalue weighted by atomic mass is 9.95. The molecular formula is C27H35NO4S. The van der Waals surface area contributed by atoms with E-state index >= 15 is 0 Å². The van der Waals surface area contributed by atoms with Gasteiger partial charge in [0.05, 0.1) is 12.1 Å². The van der Waals surface area contributed by atoms with E-state index in [0.29, 0.717) is 17.8 Å². The number of aromatic carboxylic acids is 1. The second kappa shape index (κ2) is 12.7. The lowest BCUT2D eigenvalue weighted by Crippen LogP contribution is -2.33. The van der Waals surface area contributed by atoms with Gasteiger partial charge in [0, 0.05) is 17.8 Å². The Labute approximate surface area is 200 Å². The molecule has 2 aromatic rings. The molecule has 1 amide bonds. The average Bonchev–Trinajstić information content (AvgIpc) is 3.43. The SMILES string of the molecule is C[C@@H](CCCCc1ccccc1)[C@@H](O)C=C[C@H]1CCC(=O)N1CCCc1ccc(C(=O)O)s1. The van der Waals surface area contributed by atoms with Gasteiger partial charge in [-0.25, -0.2) is 4.79 Å². The van der Waals surface area contributed by atoms with E-state index in [2.05, 4.69) is 31.2 Å². The first-order valence-electron chi connectivity index (χ1n) is 12.0. The van der Waals surface area contributed by atoms with E-state index in [1.807, 2.05) is 29.2 Å². The third-order valence-electron chi connectivity index (χ3n) is 6.40. The predicted molar refractivity (Wildman–Crippen MR) is 133 cm³/mol. The molecule has 178 valence electrons. The maximum absolute atomic E-state index is 12.3. The molecule has 1 aromatic heterocycles. The molecule has 2 heterocycles. The van der Waals surface area contributed by atoms with Crippen LogP contribution in [0.15, 0.2) is 54.6 Å². The molecule has 0 unspecified atom stereocenters. The van der Waals surface area contributed by atoms with Gasteiger partial charge in [-0.3, -0.25) is 4.79 Å². The summed E-state index contributed by atoms with van der Waals surface area (Å²) in [6.45, 7) is 2.74. The number of benzene rings is 1. The number of hydrogen-bond donors (Lipinski definition) is 2. The van der Waals surface area contributed by atoms with E-state index in [4.69, 9.17) is 5.11 Å². The Morgan fingerprint density at radius 3 is 2.67 bits per heavy atom. The third kappa shape index (κ3) is 7.83. The maximum atomic E-state index is 12.3. The van der Waals surface area contributed by atoms with Crippen LogP contribution in [-0.4, -0.2) is 45.7 Å². The maximum Gasteiger partial charge on any atom is 0.345 e. The molecule has 33 heavy (non-hydrogen) atoms. The first-order chi connectivity index (χ1) is 15.9. The third-order valence-corrected chi connectivity index (χ3v) is 7.53. The van der Waals surface area contributed by atoms with Crippen molar-refractivity contribution >= 4 is 23.2 Å². The minimum absolute atomic E-state index is 0.0374. The summed E-state index contributed by atoms with van der Waals surface area (Å²) in [5, 5.41) is 19.6. The highest BCUT2D eigenvalue weighted by Crippen LogP contribution is 2.23. The number of aliphatic hydroxyl groups excluding tert-OH is 1. The molecule has 0 aliphatic carbocycles. The second-order valence-corrected chi connectivity index (χ2v) is 10.1. The number of aliphatic hydroxyl groups is 1. The zero-order chi connectivity index (χ0) is 23.6. The minimum atomic E-state index is -0.893. The molecule has 0 radical (unpaired) electrons. The quantitative estimate of drug-likeness (QED) is 0.307. The van der Waals surface area contributed by atoms with Crippen LogP contribution in [0, 0.1) is 5.92 Å². The minimum Gasteiger partial charge on any atom is -0.477 e. The second-order valence-electron chi connectivity index (χ2n) is 8.95. The van der Waals surface area contributed by atoms with Crippen molar-refractivity contribution in [3.8, 4) is 0 Å². The Morgan fingerprint density at radius 2 is 1.94 bits per heavy atom. The molecule has 6 heteroatoms. The molecule has 1 aromatic carbocycles. The number of carboxylic acid groups (broad SMARTS) is 1. The molecule has 3 atom stereocenters. The van der Waals surface area contributed by atoms with E-state index in [0.717, 1.165) is 49.8 Å². The summed E-state index contributed by atoms with van der Waals surface area (Å²) in [5.74, 6) is -0.550. The van der Waals surface area contributed by atoms with Crippen molar-refractivity contribution in [3.63, 3.8) is 0 Å². The normalized spacial score (nSPS) is 18.2. The fourth-order valence-electron chi connectivity index (χ4n) is 4.34. The van der Waals surface area contributed by atoms with Crippen molar-refractivity contribution in [3.05, 3.63) is 69.9 Å². The summed E-state index contributed by atoms with van der Waals surface area (Å²) in [4.78, 5) is 26.7. The highest BCUT2D eigenvalue weighted by atomic mass is 32.1. The van der Waals surface area contributed by atoms with Gasteiger partial charge in [-0.1, -0.05) is 55.8 Å². The van der Waals surface area contributed by atoms with E-state index in [1.54, 1.807) is 6.07 Å². The highest BCUT2D eigenvalue weighted by Gasteiger charge is 2.28. The van der Waals surface area contributed by atoms with Crippen molar-refractivity contribution in [2.75, 3.05) is 6.54 Å². The van der Waals surface area contributed by atoms with E-state index < -0.39 is 12.1 Å². The summed E-state index contributed by atoms with van der Waals surface area (Å²) in [6, 6.07) is 14.0. The van der Waals surface area contributed by atoms with Crippen LogP contribution in [0.5, 0.6) is 0 Å². The summed E-state index contributed by atoms with van der Waals surface area (Å²) in [7, 11) is 0. The monoisotopic (exact) mass is 469 g/mol. The van der Waals surface area contributed by atoms with Crippen molar-refractivity contribution in [2.45, 2.75) is 70.4 Å². The highest BCUT2D eigenvalue weighted by molar-refractivity contribution is 7.13. The molecule has 1 aliphatic rings. The first kappa shape index (κ1) is 25.2. The van der Waals surface area contributed by atoms with Gasteiger partial charge in [-0.15, -0.1) is 11.3 Å². The molecule has 1 aliphatic heterocycles. The van der Waals surface area contributed by atoms with Crippen molar-refractivity contribution in [1.82, 2.24) is 4.90 Å². The molecule has 5 nitrogen and oxygen atoms in total. The van der Waals surface area contributed by atoms with Gasteiger partial charge in [-0.2, -0.15) is 0 Å². The number of likely N-dealkylation sites (tertiary alicyclic amines) is 1. The smallest absolute Gasteiger partial charge is 0.345 e. The predicted octanol–water partition coefficient (Wildman–Crippen LogP) is 5.34. The Morgan fingerprint density at radius 1 is 1.15 bits per heavy atom. The zero-order valence-electron chi connectivity index (χ0n) is 19.4. The number of aryl methyl sites for hydroxylation is 2. The van der Waals surface area contributed by atoms with Gasteiger partial charge in [-0.05, 0) is 62.1 Å². The topological polar surface area (TPSA) is 77.8 Å². The molecule has 3 rings (SSSR count). The van der Waals surface area contributed by atoms with Crippen LogP contribution >= 0.6 is 11.3 Å². The summed E-state index contributed by atoms with van der Waals surface area (Å²) in [5.41, 5.74) is 1.36. The van der Waals surface area contributed by atoms with E-state index in [9.17, 15) is 14.7 Å². The fourth-order valence-corrected chi connectivity index (χ4v) is 5.23. The van der Waals surface area contributed by atoms with Crippen LogP contribution in [0.2, 0.25) is 0 Å². The molecule has 1 fully saturated rings. The van der Waals surface area contributed by atoms with Gasteiger partial charge in [0.15, 0.2) is 0 Å². The van der Waals surface area contributed by atoms with E-state index in [1.165, 1.54) is 16.9 Å². The Balaban J connectivity index is 1.40. The molecule has 2 N–H and O–H groups in total. The van der Waals surface area contributed by atoms with Crippen LogP contribution in [0.1, 0.15) is 65.6 Å². The molecular weight excluding hydrogens is 434 g/mol. The number of carbonyl (C=O) groups excluding carboxylic acids is 1. The number of nitrogens with zero attached hydrogens (tertiary/aromatic N) is 1. The number of hydrogen-bond acceptors (Lipinski definition) is 4. The number of carboxylic acids is 1. The number of unbranched alkanes of at least 4 members (excludes halogenated alkanes) is 1. The largest absolute Gasteiger partial charge is 0.477 e. The molecule has 1 saturated heterocycles. The Hall–Kier alpha value is -2.44. The number of thiophene rings is 1. The van der Waals surface area contributed by atoms with Gasteiger partial charge in [0.2, 0.25) is 5.91 Å². The molecule has 0 spiro atoms. The zero-order valence-corrected chi connectivity index (χ0v) is 20.2. The van der Waals surface area contributed by atoms with Gasteiger partial charge < -0.3 is 15.1 Å². The van der Waals surface area contributed by atoms with Crippen molar-refractivity contribution in [2.24, 2.45) is 5.92 Å². The average molecular weight is 470 g/mol. The first-order valence-corrected chi connectivity index (χ1v) is 12.8. The number of rotatable bonds is 13. The van der Waals surface area contributed by atoms with Gasteiger partial charge in [0.1, 0.15) is 4.88 Å². The molecule has 0 bridgehead atoms. The van der Waals surface area contributed by atoms with Crippen molar-refractivity contribution < 1.29 is 19.8 Å². The van der Waals surface area contributed by atoms with E-state index in [-0.39, 0.29) is 17.9 Å². The van der Waals surface area contributed by atoms with Gasteiger partial charge >= 0.3 is 5.97 Å². The lowest BCUT2D eigenvalue weighted by molar-refractivity contribution is -0.128. The standard InChI is InChI=1S/C27H35NO4S/c1-20(8-5-6-11-21-9-3-2-4-10-21)24(29)16-13-22-14-18-26(30)28(22)19-7-12-23-15-17-25(33-23)27(31)32/h2-4,9-10,13,15-17,20,22,24,29H,5-8,11-12,14,18-19H2,1H3,(H,31,32)/t20-,22-,24-/m0/s1. The van der Waals surface area contributed by atoms with Crippen LogP contribution < -0.4 is 0 Å². The molecule has 0 saturated carbocycles. The Bertz CT molecular complexity index is 923. The van der Waals surface area contributed by atoms with Crippen LogP contribution in [-0.2, 0) is 17.6 Å². The Kier molecular flexibility index (Phi) is 9.70. The van der Waals surface area contributed by atoms with Crippen LogP contribution in [0.4, 0.5) is 0 Å². The van der Waals surface area contributed by atoms with Crippen LogP contribution in [0.3, 0.4) is 0 Å². The summed E-state index contributed by atoms with van der Waals surface area (Å²) in [6.07, 6.45) is 10.5. The number of amides is 1. The van der Waals surface area contributed by atoms with Crippen LogP contribution in [0.25, 0.3) is 0 Å².